The van der Waals surface area contributed by atoms with Crippen molar-refractivity contribution in [2.24, 2.45) is 0 Å². The van der Waals surface area contributed by atoms with E-state index in [0.717, 1.165) is 16.9 Å². The van der Waals surface area contributed by atoms with Crippen LogP contribution in [0.5, 0.6) is 5.75 Å². The van der Waals surface area contributed by atoms with Crippen LogP contribution in [0.4, 0.5) is 0 Å². The molecule has 0 aliphatic rings. The molecule has 118 valence electrons. The third kappa shape index (κ3) is 4.58. The van der Waals surface area contributed by atoms with E-state index in [4.69, 9.17) is 4.74 Å². The molecule has 0 fully saturated rings. The summed E-state index contributed by atoms with van der Waals surface area (Å²) >= 11 is 0. The van der Waals surface area contributed by atoms with Gasteiger partial charge in [0.25, 0.3) is 0 Å². The van der Waals surface area contributed by atoms with Crippen molar-refractivity contribution in [2.75, 3.05) is 13.2 Å². The van der Waals surface area contributed by atoms with E-state index in [-0.39, 0.29) is 6.04 Å². The summed E-state index contributed by atoms with van der Waals surface area (Å²) < 4.78 is 5.78. The van der Waals surface area contributed by atoms with Crippen LogP contribution >= 0.6 is 0 Å². The molecular formula is C19H25NO2. The van der Waals surface area contributed by atoms with E-state index in [2.05, 4.69) is 24.4 Å². The molecule has 2 aromatic rings. The van der Waals surface area contributed by atoms with Gasteiger partial charge in [0.15, 0.2) is 0 Å². The van der Waals surface area contributed by atoms with Crippen molar-refractivity contribution in [3.8, 4) is 5.75 Å². The van der Waals surface area contributed by atoms with Gasteiger partial charge in [-0.1, -0.05) is 48.5 Å². The van der Waals surface area contributed by atoms with E-state index in [0.29, 0.717) is 13.2 Å². The molecule has 2 rings (SSSR count). The van der Waals surface area contributed by atoms with Crippen LogP contribution in [0, 0.1) is 13.8 Å². The summed E-state index contributed by atoms with van der Waals surface area (Å²) in [5, 5.41) is 13.4. The molecule has 0 aliphatic carbocycles. The van der Waals surface area contributed by atoms with Crippen LogP contribution in [-0.4, -0.2) is 24.4 Å². The number of benzene rings is 2. The fourth-order valence-corrected chi connectivity index (χ4v) is 2.44. The second-order valence-corrected chi connectivity index (χ2v) is 5.73. The lowest BCUT2D eigenvalue weighted by molar-refractivity contribution is 0.103. The first-order chi connectivity index (χ1) is 10.6. The number of hydrogen-bond acceptors (Lipinski definition) is 3. The fourth-order valence-electron chi connectivity index (χ4n) is 2.44. The molecular weight excluding hydrogens is 274 g/mol. The smallest absolute Gasteiger partial charge is 0.125 e. The zero-order chi connectivity index (χ0) is 15.9. The van der Waals surface area contributed by atoms with Crippen molar-refractivity contribution in [2.45, 2.75) is 32.9 Å². The molecule has 0 radical (unpaired) electrons. The summed E-state index contributed by atoms with van der Waals surface area (Å²) in [6.45, 7) is 6.92. The van der Waals surface area contributed by atoms with Gasteiger partial charge in [0, 0.05) is 12.6 Å². The molecule has 0 bridgehead atoms. The van der Waals surface area contributed by atoms with Crippen molar-refractivity contribution >= 4 is 0 Å². The number of aliphatic hydroxyl groups excluding tert-OH is 1. The fraction of sp³-hybridized carbons (Fsp3) is 0.368. The summed E-state index contributed by atoms with van der Waals surface area (Å²) in [4.78, 5) is 0. The van der Waals surface area contributed by atoms with Crippen molar-refractivity contribution in [1.82, 2.24) is 5.32 Å². The summed E-state index contributed by atoms with van der Waals surface area (Å²) in [6, 6.07) is 16.5. The molecule has 3 heteroatoms. The summed E-state index contributed by atoms with van der Waals surface area (Å²) in [7, 11) is 0. The molecule has 0 saturated carbocycles. The second-order valence-electron chi connectivity index (χ2n) is 5.73. The molecule has 2 N–H and O–H groups in total. The Labute approximate surface area is 133 Å². The standard InChI is InChI=1S/C19H25NO2/c1-14-8-7-9-15(2)19(14)22-13-18(21)12-20-16(3)17-10-5-4-6-11-17/h4-11,16,18,20-21H,12-13H2,1-3H3/t16-,18-/m0/s1. The van der Waals surface area contributed by atoms with Crippen LogP contribution in [-0.2, 0) is 0 Å². The Kier molecular flexibility index (Phi) is 5.99. The van der Waals surface area contributed by atoms with Gasteiger partial charge in [0.2, 0.25) is 0 Å². The normalized spacial score (nSPS) is 13.6. The van der Waals surface area contributed by atoms with Gasteiger partial charge < -0.3 is 15.2 Å². The third-order valence-electron chi connectivity index (χ3n) is 3.79. The quantitative estimate of drug-likeness (QED) is 0.823. The van der Waals surface area contributed by atoms with E-state index >= 15 is 0 Å². The molecule has 22 heavy (non-hydrogen) atoms. The van der Waals surface area contributed by atoms with Gasteiger partial charge in [0.1, 0.15) is 18.5 Å². The van der Waals surface area contributed by atoms with Gasteiger partial charge in [-0.05, 0) is 37.5 Å². The molecule has 0 aliphatic heterocycles. The molecule has 0 heterocycles. The van der Waals surface area contributed by atoms with E-state index in [1.807, 2.05) is 50.2 Å². The van der Waals surface area contributed by atoms with Crippen molar-refractivity contribution in [1.29, 1.82) is 0 Å². The Bertz CT molecular complexity index is 563. The van der Waals surface area contributed by atoms with Crippen LogP contribution in [0.2, 0.25) is 0 Å². The van der Waals surface area contributed by atoms with Gasteiger partial charge in [-0.3, -0.25) is 0 Å². The molecule has 0 unspecified atom stereocenters. The highest BCUT2D eigenvalue weighted by molar-refractivity contribution is 5.39. The zero-order valence-corrected chi connectivity index (χ0v) is 13.5. The van der Waals surface area contributed by atoms with E-state index in [1.54, 1.807) is 0 Å². The molecule has 0 aromatic heterocycles. The lowest BCUT2D eigenvalue weighted by Crippen LogP contribution is -2.33. The van der Waals surface area contributed by atoms with Crippen LogP contribution in [0.3, 0.4) is 0 Å². The maximum Gasteiger partial charge on any atom is 0.125 e. The van der Waals surface area contributed by atoms with Gasteiger partial charge in [-0.15, -0.1) is 0 Å². The Hall–Kier alpha value is -1.84. The first kappa shape index (κ1) is 16.5. The number of aryl methyl sites for hydroxylation is 2. The Morgan fingerprint density at radius 1 is 1.00 bits per heavy atom. The Balaban J connectivity index is 1.80. The minimum absolute atomic E-state index is 0.205. The minimum atomic E-state index is -0.537. The largest absolute Gasteiger partial charge is 0.490 e. The van der Waals surface area contributed by atoms with Crippen LogP contribution in [0.15, 0.2) is 48.5 Å². The van der Waals surface area contributed by atoms with Crippen LogP contribution < -0.4 is 10.1 Å². The van der Waals surface area contributed by atoms with Gasteiger partial charge in [0.05, 0.1) is 0 Å². The van der Waals surface area contributed by atoms with Crippen molar-refractivity contribution in [3.05, 3.63) is 65.2 Å². The number of para-hydroxylation sites is 1. The average Bonchev–Trinajstić information content (AvgIpc) is 2.53. The number of aliphatic hydroxyl groups is 1. The minimum Gasteiger partial charge on any atom is -0.490 e. The Morgan fingerprint density at radius 2 is 1.64 bits per heavy atom. The predicted molar refractivity (Wildman–Crippen MR) is 90.3 cm³/mol. The summed E-state index contributed by atoms with van der Waals surface area (Å²) in [5.74, 6) is 0.873. The lowest BCUT2D eigenvalue weighted by atomic mass is 10.1. The predicted octanol–water partition coefficient (Wildman–Crippen LogP) is 3.39. The summed E-state index contributed by atoms with van der Waals surface area (Å²) in [5.41, 5.74) is 3.40. The van der Waals surface area contributed by atoms with E-state index < -0.39 is 6.10 Å². The van der Waals surface area contributed by atoms with E-state index in [1.165, 1.54) is 5.56 Å². The van der Waals surface area contributed by atoms with E-state index in [9.17, 15) is 5.11 Å². The second kappa shape index (κ2) is 7.97. The van der Waals surface area contributed by atoms with Crippen LogP contribution in [0.1, 0.15) is 29.7 Å². The van der Waals surface area contributed by atoms with Gasteiger partial charge in [-0.25, -0.2) is 0 Å². The van der Waals surface area contributed by atoms with Crippen molar-refractivity contribution < 1.29 is 9.84 Å². The molecule has 2 aromatic carbocycles. The molecule has 2 atom stereocenters. The van der Waals surface area contributed by atoms with Crippen molar-refractivity contribution in [3.63, 3.8) is 0 Å². The third-order valence-corrected chi connectivity index (χ3v) is 3.79. The zero-order valence-electron chi connectivity index (χ0n) is 13.5. The highest BCUT2D eigenvalue weighted by atomic mass is 16.5. The molecule has 0 amide bonds. The highest BCUT2D eigenvalue weighted by Gasteiger charge is 2.11. The lowest BCUT2D eigenvalue weighted by Gasteiger charge is -2.19. The summed E-state index contributed by atoms with van der Waals surface area (Å²) in [6.07, 6.45) is -0.537. The molecule has 3 nitrogen and oxygen atoms in total. The first-order valence-electron chi connectivity index (χ1n) is 7.73. The van der Waals surface area contributed by atoms with Gasteiger partial charge in [-0.2, -0.15) is 0 Å². The first-order valence-corrected chi connectivity index (χ1v) is 7.73. The van der Waals surface area contributed by atoms with Gasteiger partial charge >= 0.3 is 0 Å². The maximum atomic E-state index is 10.1. The SMILES string of the molecule is Cc1cccc(C)c1OC[C@@H](O)CN[C@@H](C)c1ccccc1. The Morgan fingerprint density at radius 3 is 2.27 bits per heavy atom. The maximum absolute atomic E-state index is 10.1. The average molecular weight is 299 g/mol. The number of ether oxygens (including phenoxy) is 1. The highest BCUT2D eigenvalue weighted by Crippen LogP contribution is 2.22. The molecule has 0 spiro atoms. The molecule has 0 saturated heterocycles. The monoisotopic (exact) mass is 299 g/mol. The number of rotatable bonds is 7. The van der Waals surface area contributed by atoms with Crippen LogP contribution in [0.25, 0.3) is 0 Å². The number of nitrogens with one attached hydrogen (secondary N) is 1. The number of hydrogen-bond donors (Lipinski definition) is 2. The topological polar surface area (TPSA) is 41.5 Å².